The van der Waals surface area contributed by atoms with E-state index >= 15 is 0 Å². The van der Waals surface area contributed by atoms with Crippen LogP contribution in [0.2, 0.25) is 0 Å². The molecule has 0 unspecified atom stereocenters. The Bertz CT molecular complexity index is 357. The maximum absolute atomic E-state index is 3.62. The molecule has 0 N–H and O–H groups in total. The van der Waals surface area contributed by atoms with Gasteiger partial charge < -0.3 is 4.90 Å². The molecule has 1 aromatic rings. The largest absolute Gasteiger partial charge is 0.371 e. The van der Waals surface area contributed by atoms with E-state index < -0.39 is 0 Å². The van der Waals surface area contributed by atoms with Crippen LogP contribution >= 0.6 is 15.9 Å². The van der Waals surface area contributed by atoms with Gasteiger partial charge in [-0.1, -0.05) is 29.3 Å². The van der Waals surface area contributed by atoms with Gasteiger partial charge >= 0.3 is 0 Å². The SMILES string of the molecule is CCCC1CN(c2cc(C)c(Br)c(C)c2)C1. The zero-order valence-electron chi connectivity index (χ0n) is 10.4. The number of nitrogens with zero attached hydrogens (tertiary/aromatic N) is 1. The van der Waals surface area contributed by atoms with Gasteiger partial charge in [0.05, 0.1) is 0 Å². The van der Waals surface area contributed by atoms with E-state index in [-0.39, 0.29) is 0 Å². The van der Waals surface area contributed by atoms with E-state index in [9.17, 15) is 0 Å². The molecular formula is C14H20BrN. The summed E-state index contributed by atoms with van der Waals surface area (Å²) in [5.74, 6) is 0.925. The summed E-state index contributed by atoms with van der Waals surface area (Å²) >= 11 is 3.62. The van der Waals surface area contributed by atoms with Crippen molar-refractivity contribution in [3.63, 3.8) is 0 Å². The van der Waals surface area contributed by atoms with Gasteiger partial charge in [-0.05, 0) is 49.4 Å². The second kappa shape index (κ2) is 4.79. The molecule has 16 heavy (non-hydrogen) atoms. The summed E-state index contributed by atoms with van der Waals surface area (Å²) in [6.45, 7) is 9.10. The minimum atomic E-state index is 0.925. The van der Waals surface area contributed by atoms with Gasteiger partial charge in [0.25, 0.3) is 0 Å². The van der Waals surface area contributed by atoms with E-state index in [4.69, 9.17) is 0 Å². The predicted octanol–water partition coefficient (Wildman–Crippen LogP) is 4.30. The first-order valence-corrected chi connectivity index (χ1v) is 6.92. The average Bonchev–Trinajstić information content (AvgIpc) is 2.18. The Morgan fingerprint density at radius 3 is 2.31 bits per heavy atom. The van der Waals surface area contributed by atoms with Gasteiger partial charge in [0.15, 0.2) is 0 Å². The fraction of sp³-hybridized carbons (Fsp3) is 0.571. The maximum Gasteiger partial charge on any atom is 0.0372 e. The third-order valence-electron chi connectivity index (χ3n) is 3.44. The van der Waals surface area contributed by atoms with Crippen LogP contribution in [0.1, 0.15) is 30.9 Å². The van der Waals surface area contributed by atoms with Gasteiger partial charge in [0, 0.05) is 23.2 Å². The zero-order chi connectivity index (χ0) is 11.7. The van der Waals surface area contributed by atoms with Crippen molar-refractivity contribution in [3.05, 3.63) is 27.7 Å². The molecule has 1 saturated heterocycles. The topological polar surface area (TPSA) is 3.24 Å². The highest BCUT2D eigenvalue weighted by Gasteiger charge is 2.26. The molecule has 2 rings (SSSR count). The van der Waals surface area contributed by atoms with E-state index in [1.165, 1.54) is 47.2 Å². The van der Waals surface area contributed by atoms with Gasteiger partial charge in [-0.3, -0.25) is 0 Å². The lowest BCUT2D eigenvalue weighted by atomic mass is 9.94. The number of anilines is 1. The Kier molecular flexibility index (Phi) is 3.58. The van der Waals surface area contributed by atoms with Crippen LogP contribution < -0.4 is 4.90 Å². The normalized spacial score (nSPS) is 16.4. The first kappa shape index (κ1) is 12.0. The minimum Gasteiger partial charge on any atom is -0.371 e. The highest BCUT2D eigenvalue weighted by molar-refractivity contribution is 9.10. The second-order valence-electron chi connectivity index (χ2n) is 4.95. The van der Waals surface area contributed by atoms with E-state index in [0.717, 1.165) is 5.92 Å². The molecule has 1 nitrogen and oxygen atoms in total. The molecule has 0 amide bonds. The number of aryl methyl sites for hydroxylation is 2. The molecule has 0 atom stereocenters. The summed E-state index contributed by atoms with van der Waals surface area (Å²) in [7, 11) is 0. The van der Waals surface area contributed by atoms with Crippen molar-refractivity contribution in [1.82, 2.24) is 0 Å². The van der Waals surface area contributed by atoms with Crippen LogP contribution in [-0.4, -0.2) is 13.1 Å². The highest BCUT2D eigenvalue weighted by Crippen LogP contribution is 2.32. The molecule has 1 aliphatic rings. The summed E-state index contributed by atoms with van der Waals surface area (Å²) in [6, 6.07) is 4.58. The Morgan fingerprint density at radius 1 is 1.25 bits per heavy atom. The van der Waals surface area contributed by atoms with Crippen LogP contribution in [0.5, 0.6) is 0 Å². The molecule has 1 fully saturated rings. The Balaban J connectivity index is 2.07. The van der Waals surface area contributed by atoms with Crippen LogP contribution in [0, 0.1) is 19.8 Å². The maximum atomic E-state index is 3.62. The zero-order valence-corrected chi connectivity index (χ0v) is 12.0. The van der Waals surface area contributed by atoms with E-state index in [1.807, 2.05) is 0 Å². The van der Waals surface area contributed by atoms with Crippen molar-refractivity contribution >= 4 is 21.6 Å². The molecule has 0 radical (unpaired) electrons. The Labute approximate surface area is 107 Å². The molecular weight excluding hydrogens is 262 g/mol. The van der Waals surface area contributed by atoms with Crippen LogP contribution in [0.3, 0.4) is 0 Å². The molecule has 0 aliphatic carbocycles. The first-order valence-electron chi connectivity index (χ1n) is 6.13. The van der Waals surface area contributed by atoms with Crippen molar-refractivity contribution in [3.8, 4) is 0 Å². The molecule has 1 aromatic carbocycles. The van der Waals surface area contributed by atoms with Crippen LogP contribution in [0.25, 0.3) is 0 Å². The van der Waals surface area contributed by atoms with Crippen LogP contribution in [0.15, 0.2) is 16.6 Å². The summed E-state index contributed by atoms with van der Waals surface area (Å²) in [4.78, 5) is 2.49. The number of rotatable bonds is 3. The monoisotopic (exact) mass is 281 g/mol. The molecule has 88 valence electrons. The van der Waals surface area contributed by atoms with Crippen molar-refractivity contribution in [2.75, 3.05) is 18.0 Å². The lowest BCUT2D eigenvalue weighted by molar-refractivity contribution is 0.380. The second-order valence-corrected chi connectivity index (χ2v) is 5.75. The molecule has 1 aliphatic heterocycles. The van der Waals surface area contributed by atoms with Crippen LogP contribution in [0.4, 0.5) is 5.69 Å². The average molecular weight is 282 g/mol. The molecule has 0 bridgehead atoms. The van der Waals surface area contributed by atoms with Gasteiger partial charge in [-0.15, -0.1) is 0 Å². The quantitative estimate of drug-likeness (QED) is 0.798. The number of halogens is 1. The van der Waals surface area contributed by atoms with Crippen molar-refractivity contribution in [2.45, 2.75) is 33.6 Å². The van der Waals surface area contributed by atoms with Crippen molar-refractivity contribution in [2.24, 2.45) is 5.92 Å². The molecule has 0 aromatic heterocycles. The van der Waals surface area contributed by atoms with Crippen molar-refractivity contribution in [1.29, 1.82) is 0 Å². The summed E-state index contributed by atoms with van der Waals surface area (Å²) in [5, 5.41) is 0. The fourth-order valence-electron chi connectivity index (χ4n) is 2.48. The van der Waals surface area contributed by atoms with Gasteiger partial charge in [-0.25, -0.2) is 0 Å². The number of benzene rings is 1. The minimum absolute atomic E-state index is 0.925. The smallest absolute Gasteiger partial charge is 0.0372 e. The summed E-state index contributed by atoms with van der Waals surface area (Å²) in [5.41, 5.74) is 4.08. The number of hydrogen-bond acceptors (Lipinski definition) is 1. The first-order chi connectivity index (χ1) is 7.61. The van der Waals surface area contributed by atoms with Gasteiger partial charge in [-0.2, -0.15) is 0 Å². The van der Waals surface area contributed by atoms with Crippen LogP contribution in [-0.2, 0) is 0 Å². The lowest BCUT2D eigenvalue weighted by Gasteiger charge is -2.41. The fourth-order valence-corrected chi connectivity index (χ4v) is 2.71. The van der Waals surface area contributed by atoms with Crippen molar-refractivity contribution < 1.29 is 0 Å². The number of hydrogen-bond donors (Lipinski definition) is 0. The molecule has 1 heterocycles. The third kappa shape index (κ3) is 2.27. The predicted molar refractivity (Wildman–Crippen MR) is 74.2 cm³/mol. The molecule has 0 saturated carbocycles. The molecule has 0 spiro atoms. The van der Waals surface area contributed by atoms with Gasteiger partial charge in [0.2, 0.25) is 0 Å². The van der Waals surface area contributed by atoms with Gasteiger partial charge in [0.1, 0.15) is 0 Å². The lowest BCUT2D eigenvalue weighted by Crippen LogP contribution is -2.46. The molecule has 2 heteroatoms. The Morgan fingerprint density at radius 2 is 1.81 bits per heavy atom. The van der Waals surface area contributed by atoms with E-state index in [1.54, 1.807) is 0 Å². The van der Waals surface area contributed by atoms with E-state index in [0.29, 0.717) is 0 Å². The summed E-state index contributed by atoms with van der Waals surface area (Å²) in [6.07, 6.45) is 2.70. The highest BCUT2D eigenvalue weighted by atomic mass is 79.9. The Hall–Kier alpha value is -0.500. The van der Waals surface area contributed by atoms with E-state index in [2.05, 4.69) is 53.7 Å². The third-order valence-corrected chi connectivity index (χ3v) is 4.69. The summed E-state index contributed by atoms with van der Waals surface area (Å²) < 4.78 is 1.25. The standard InChI is InChI=1S/C14H20BrN/c1-4-5-12-8-16(9-12)13-6-10(2)14(15)11(3)7-13/h6-7,12H,4-5,8-9H2,1-3H3.